The van der Waals surface area contributed by atoms with Crippen LogP contribution in [0.1, 0.15) is 51.6 Å². The maximum absolute atomic E-state index is 12.6. The lowest BCUT2D eigenvalue weighted by atomic mass is 10.0. The molecule has 7 nitrogen and oxygen atoms in total. The summed E-state index contributed by atoms with van der Waals surface area (Å²) in [5.74, 6) is -0.747. The molecular formula is C16H24F3N3O4S. The number of nitrogens with zero attached hydrogens (tertiary/aromatic N) is 1. The Morgan fingerprint density at radius 1 is 1.30 bits per heavy atom. The van der Waals surface area contributed by atoms with Gasteiger partial charge in [-0.1, -0.05) is 0 Å². The number of thiazole rings is 1. The lowest BCUT2D eigenvalue weighted by molar-refractivity contribution is -0.140. The second-order valence-corrected chi connectivity index (χ2v) is 7.88. The quantitative estimate of drug-likeness (QED) is 0.641. The van der Waals surface area contributed by atoms with E-state index in [1.165, 1.54) is 13.1 Å². The van der Waals surface area contributed by atoms with Crippen molar-refractivity contribution in [2.24, 2.45) is 0 Å². The molecule has 1 rings (SSSR count). The highest BCUT2D eigenvalue weighted by molar-refractivity contribution is 7.09. The lowest BCUT2D eigenvalue weighted by Crippen LogP contribution is -2.50. The minimum atomic E-state index is -4.44. The summed E-state index contributed by atoms with van der Waals surface area (Å²) < 4.78 is 42.7. The molecule has 1 aromatic rings. The fourth-order valence-corrected chi connectivity index (χ4v) is 2.72. The molecular weight excluding hydrogens is 387 g/mol. The summed E-state index contributed by atoms with van der Waals surface area (Å²) in [4.78, 5) is 27.8. The van der Waals surface area contributed by atoms with Crippen molar-refractivity contribution in [1.29, 1.82) is 0 Å². The van der Waals surface area contributed by atoms with E-state index in [0.29, 0.717) is 0 Å². The Kier molecular flexibility index (Phi) is 8.03. The molecule has 0 aliphatic rings. The van der Waals surface area contributed by atoms with Gasteiger partial charge in [-0.2, -0.15) is 13.2 Å². The number of aliphatic hydroxyl groups is 1. The maximum atomic E-state index is 12.6. The number of hydrogen-bond donors (Lipinski definition) is 3. The number of carbonyl (C=O) groups is 2. The minimum absolute atomic E-state index is 0.190. The van der Waals surface area contributed by atoms with Gasteiger partial charge in [0.1, 0.15) is 22.8 Å². The molecule has 154 valence electrons. The molecule has 1 aromatic heterocycles. The van der Waals surface area contributed by atoms with Crippen molar-refractivity contribution in [2.45, 2.75) is 70.5 Å². The van der Waals surface area contributed by atoms with E-state index in [0.717, 1.165) is 11.3 Å². The maximum Gasteiger partial charge on any atom is 0.408 e. The van der Waals surface area contributed by atoms with Gasteiger partial charge in [0.25, 0.3) is 0 Å². The van der Waals surface area contributed by atoms with Gasteiger partial charge in [0.05, 0.1) is 6.04 Å². The van der Waals surface area contributed by atoms with Crippen LogP contribution in [0.5, 0.6) is 0 Å². The Bertz CT molecular complexity index is 617. The fourth-order valence-electron chi connectivity index (χ4n) is 2.04. The molecule has 2 amide bonds. The summed E-state index contributed by atoms with van der Waals surface area (Å²) in [5, 5.41) is 16.7. The fraction of sp³-hybridized carbons (Fsp3) is 0.688. The molecule has 0 aliphatic carbocycles. The summed E-state index contributed by atoms with van der Waals surface area (Å²) in [6, 6.07) is -2.29. The first-order valence-corrected chi connectivity index (χ1v) is 9.10. The number of hydrogen-bond acceptors (Lipinski definition) is 6. The van der Waals surface area contributed by atoms with Crippen LogP contribution in [0.2, 0.25) is 0 Å². The molecule has 0 aromatic carbocycles. The lowest BCUT2D eigenvalue weighted by Gasteiger charge is -2.26. The van der Waals surface area contributed by atoms with Gasteiger partial charge < -0.3 is 20.5 Å². The first-order chi connectivity index (χ1) is 12.3. The van der Waals surface area contributed by atoms with Crippen LogP contribution in [-0.4, -0.2) is 46.0 Å². The van der Waals surface area contributed by atoms with E-state index in [2.05, 4.69) is 15.6 Å². The number of alkyl carbamates (subject to hydrolysis) is 1. The van der Waals surface area contributed by atoms with E-state index in [4.69, 9.17) is 4.74 Å². The third-order valence-corrected chi connectivity index (χ3v) is 4.12. The number of carbonyl (C=O) groups excluding carboxylic acids is 2. The van der Waals surface area contributed by atoms with Crippen molar-refractivity contribution in [3.05, 3.63) is 16.6 Å². The normalized spacial score (nSPS) is 15.6. The zero-order valence-corrected chi connectivity index (χ0v) is 16.3. The molecule has 27 heavy (non-hydrogen) atoms. The number of ether oxygens (including phenoxy) is 1. The van der Waals surface area contributed by atoms with E-state index < -0.39 is 54.8 Å². The smallest absolute Gasteiger partial charge is 0.408 e. The average molecular weight is 411 g/mol. The number of halogens is 3. The zero-order valence-electron chi connectivity index (χ0n) is 15.5. The monoisotopic (exact) mass is 411 g/mol. The molecule has 1 unspecified atom stereocenters. The molecule has 0 saturated carbocycles. The minimum Gasteiger partial charge on any atom is -0.444 e. The predicted molar refractivity (Wildman–Crippen MR) is 93.1 cm³/mol. The number of rotatable bonds is 7. The third kappa shape index (κ3) is 9.05. The van der Waals surface area contributed by atoms with Crippen LogP contribution in [0.25, 0.3) is 0 Å². The van der Waals surface area contributed by atoms with Crippen molar-refractivity contribution >= 4 is 23.3 Å². The van der Waals surface area contributed by atoms with E-state index >= 15 is 0 Å². The van der Waals surface area contributed by atoms with Gasteiger partial charge in [0, 0.05) is 18.0 Å². The van der Waals surface area contributed by atoms with E-state index in [1.807, 2.05) is 0 Å². The number of amides is 2. The van der Waals surface area contributed by atoms with Crippen LogP contribution in [0.15, 0.2) is 11.6 Å². The van der Waals surface area contributed by atoms with Gasteiger partial charge in [-0.3, -0.25) is 4.79 Å². The van der Waals surface area contributed by atoms with Crippen molar-refractivity contribution < 1.29 is 32.6 Å². The van der Waals surface area contributed by atoms with Crippen LogP contribution in [0.3, 0.4) is 0 Å². The summed E-state index contributed by atoms with van der Waals surface area (Å²) in [7, 11) is 0. The van der Waals surface area contributed by atoms with Gasteiger partial charge >= 0.3 is 12.3 Å². The Morgan fingerprint density at radius 2 is 1.93 bits per heavy atom. The molecule has 0 aliphatic heterocycles. The summed E-state index contributed by atoms with van der Waals surface area (Å²) in [5.41, 5.74) is -0.767. The molecule has 0 radical (unpaired) electrons. The molecule has 0 spiro atoms. The first kappa shape index (κ1) is 23.2. The van der Waals surface area contributed by atoms with Crippen LogP contribution in [0, 0.1) is 0 Å². The number of nitrogens with one attached hydrogen (secondary N) is 2. The van der Waals surface area contributed by atoms with Crippen LogP contribution >= 0.6 is 11.3 Å². The second kappa shape index (κ2) is 9.36. The molecule has 0 bridgehead atoms. The highest BCUT2D eigenvalue weighted by Gasteiger charge is 2.33. The van der Waals surface area contributed by atoms with Crippen molar-refractivity contribution in [1.82, 2.24) is 15.6 Å². The summed E-state index contributed by atoms with van der Waals surface area (Å²) >= 11 is 1.06. The topological polar surface area (TPSA) is 101 Å². The highest BCUT2D eigenvalue weighted by Crippen LogP contribution is 2.27. The molecule has 11 heteroatoms. The summed E-state index contributed by atoms with van der Waals surface area (Å²) in [6.07, 6.45) is -6.99. The molecule has 1 heterocycles. The highest BCUT2D eigenvalue weighted by atomic mass is 32.1. The number of aromatic nitrogens is 1. The second-order valence-electron chi connectivity index (χ2n) is 6.95. The van der Waals surface area contributed by atoms with E-state index in [-0.39, 0.29) is 5.01 Å². The van der Waals surface area contributed by atoms with E-state index in [9.17, 15) is 27.9 Å². The molecule has 0 saturated heterocycles. The Balaban J connectivity index is 2.75. The predicted octanol–water partition coefficient (Wildman–Crippen LogP) is 2.92. The SMILES string of the molecule is C[C@H](NC(=O)OC(C)(C)C)C(=O)N[C@@H](CCC(F)(F)F)C(O)c1nccs1. The van der Waals surface area contributed by atoms with Crippen molar-refractivity contribution in [2.75, 3.05) is 0 Å². The number of alkyl halides is 3. The van der Waals surface area contributed by atoms with Crippen LogP contribution < -0.4 is 10.6 Å². The van der Waals surface area contributed by atoms with Gasteiger partial charge in [-0.25, -0.2) is 9.78 Å². The average Bonchev–Trinajstić information content (AvgIpc) is 3.01. The van der Waals surface area contributed by atoms with Gasteiger partial charge in [0.2, 0.25) is 5.91 Å². The Morgan fingerprint density at radius 3 is 2.41 bits per heavy atom. The Labute approximate surface area is 159 Å². The largest absolute Gasteiger partial charge is 0.444 e. The molecule has 3 atom stereocenters. The van der Waals surface area contributed by atoms with Crippen molar-refractivity contribution in [3.8, 4) is 0 Å². The van der Waals surface area contributed by atoms with Gasteiger partial charge in [0.15, 0.2) is 0 Å². The van der Waals surface area contributed by atoms with Gasteiger partial charge in [-0.15, -0.1) is 11.3 Å². The standard InChI is InChI=1S/C16H24F3N3O4S/c1-9(21-14(25)26-15(2,3)4)12(24)22-10(5-6-16(17,18)19)11(23)13-20-7-8-27-13/h7-11,23H,5-6H2,1-4H3,(H,21,25)(H,22,24)/t9-,10-,11?/m0/s1. The van der Waals surface area contributed by atoms with Crippen molar-refractivity contribution in [3.63, 3.8) is 0 Å². The zero-order chi connectivity index (χ0) is 20.8. The van der Waals surface area contributed by atoms with Crippen LogP contribution in [-0.2, 0) is 9.53 Å². The molecule has 0 fully saturated rings. The van der Waals surface area contributed by atoms with Crippen LogP contribution in [0.4, 0.5) is 18.0 Å². The molecule has 3 N–H and O–H groups in total. The van der Waals surface area contributed by atoms with E-state index in [1.54, 1.807) is 26.2 Å². The van der Waals surface area contributed by atoms with Gasteiger partial charge in [-0.05, 0) is 34.1 Å². The summed E-state index contributed by atoms with van der Waals surface area (Å²) in [6.45, 7) is 6.30. The third-order valence-electron chi connectivity index (χ3n) is 3.28. The Hall–Kier alpha value is -1.88. The first-order valence-electron chi connectivity index (χ1n) is 8.22. The number of aliphatic hydroxyl groups excluding tert-OH is 1.